The van der Waals surface area contributed by atoms with Crippen LogP contribution >= 0.6 is 15.9 Å². The number of carbonyl (C=O) groups excluding carboxylic acids is 1. The minimum absolute atomic E-state index is 0.293. The fourth-order valence-electron chi connectivity index (χ4n) is 2.75. The van der Waals surface area contributed by atoms with Crippen LogP contribution in [0.25, 0.3) is 0 Å². The summed E-state index contributed by atoms with van der Waals surface area (Å²) in [6, 6.07) is 8.04. The van der Waals surface area contributed by atoms with E-state index in [-0.39, 0.29) is 5.91 Å². The third-order valence-electron chi connectivity index (χ3n) is 3.78. The Morgan fingerprint density at radius 2 is 2.26 bits per heavy atom. The first-order valence-electron chi connectivity index (χ1n) is 6.37. The van der Waals surface area contributed by atoms with Crippen molar-refractivity contribution in [1.29, 1.82) is 0 Å². The highest BCUT2D eigenvalue weighted by Gasteiger charge is 2.46. The summed E-state index contributed by atoms with van der Waals surface area (Å²) in [5.41, 5.74) is 6.12. The molecule has 1 amide bonds. The minimum Gasteiger partial charge on any atom is -0.382 e. The first-order valence-corrected chi connectivity index (χ1v) is 7.17. The highest BCUT2D eigenvalue weighted by molar-refractivity contribution is 9.10. The molecule has 2 rings (SSSR count). The van der Waals surface area contributed by atoms with Gasteiger partial charge in [0, 0.05) is 18.1 Å². The van der Waals surface area contributed by atoms with Gasteiger partial charge in [0.1, 0.15) is 5.54 Å². The Morgan fingerprint density at radius 3 is 2.89 bits per heavy atom. The van der Waals surface area contributed by atoms with Crippen molar-refractivity contribution in [1.82, 2.24) is 4.90 Å². The number of benzene rings is 1. The molecule has 104 valence electrons. The van der Waals surface area contributed by atoms with Gasteiger partial charge in [-0.3, -0.25) is 9.69 Å². The molecule has 0 bridgehead atoms. The summed E-state index contributed by atoms with van der Waals surface area (Å²) in [6.07, 6.45) is 1.73. The average molecular weight is 327 g/mol. The van der Waals surface area contributed by atoms with Crippen molar-refractivity contribution in [2.75, 3.05) is 20.3 Å². The lowest BCUT2D eigenvalue weighted by Crippen LogP contribution is -2.56. The molecule has 2 N–H and O–H groups in total. The number of primary amides is 1. The number of hydrogen-bond acceptors (Lipinski definition) is 3. The van der Waals surface area contributed by atoms with Gasteiger partial charge in [0.2, 0.25) is 5.91 Å². The monoisotopic (exact) mass is 326 g/mol. The van der Waals surface area contributed by atoms with Crippen LogP contribution in [-0.4, -0.2) is 36.6 Å². The van der Waals surface area contributed by atoms with Gasteiger partial charge in [0.25, 0.3) is 0 Å². The fraction of sp³-hybridized carbons (Fsp3) is 0.500. The van der Waals surface area contributed by atoms with E-state index in [1.807, 2.05) is 18.2 Å². The van der Waals surface area contributed by atoms with Crippen LogP contribution in [0.4, 0.5) is 0 Å². The molecule has 1 atom stereocenters. The van der Waals surface area contributed by atoms with Crippen molar-refractivity contribution in [3.8, 4) is 0 Å². The molecule has 0 saturated carbocycles. The van der Waals surface area contributed by atoms with Crippen molar-refractivity contribution in [3.63, 3.8) is 0 Å². The maximum absolute atomic E-state index is 11.9. The number of methoxy groups -OCH3 is 1. The van der Waals surface area contributed by atoms with Gasteiger partial charge >= 0.3 is 0 Å². The molecule has 4 nitrogen and oxygen atoms in total. The van der Waals surface area contributed by atoms with E-state index in [4.69, 9.17) is 10.5 Å². The molecule has 1 fully saturated rings. The van der Waals surface area contributed by atoms with E-state index < -0.39 is 5.54 Å². The second-order valence-corrected chi connectivity index (χ2v) is 5.80. The summed E-state index contributed by atoms with van der Waals surface area (Å²) in [6.45, 7) is 1.92. The Kier molecular flexibility index (Phi) is 4.60. The van der Waals surface area contributed by atoms with Gasteiger partial charge in [0.05, 0.1) is 6.61 Å². The number of rotatable bonds is 5. The highest BCUT2D eigenvalue weighted by Crippen LogP contribution is 2.32. The van der Waals surface area contributed by atoms with Crippen molar-refractivity contribution in [2.24, 2.45) is 5.73 Å². The van der Waals surface area contributed by atoms with Crippen LogP contribution < -0.4 is 5.73 Å². The highest BCUT2D eigenvalue weighted by atomic mass is 79.9. The van der Waals surface area contributed by atoms with Gasteiger partial charge in [-0.1, -0.05) is 34.1 Å². The Hall–Kier alpha value is -0.910. The Morgan fingerprint density at radius 1 is 1.53 bits per heavy atom. The molecule has 1 saturated heterocycles. The van der Waals surface area contributed by atoms with Gasteiger partial charge < -0.3 is 10.5 Å². The molecule has 1 aromatic rings. The molecule has 0 aromatic heterocycles. The zero-order valence-electron chi connectivity index (χ0n) is 11.1. The standard InChI is InChI=1S/C14H19BrN2O2/c1-19-10-14(13(16)18)7-4-8-17(14)9-11-5-2-3-6-12(11)15/h2-3,5-6H,4,7-10H2,1H3,(H2,16,18). The summed E-state index contributed by atoms with van der Waals surface area (Å²) < 4.78 is 6.29. The average Bonchev–Trinajstić information content (AvgIpc) is 2.77. The topological polar surface area (TPSA) is 55.6 Å². The minimum atomic E-state index is -0.663. The predicted octanol–water partition coefficient (Wildman–Crippen LogP) is 1.92. The molecule has 1 heterocycles. The molecule has 1 unspecified atom stereocenters. The quantitative estimate of drug-likeness (QED) is 0.899. The molecular weight excluding hydrogens is 308 g/mol. The van der Waals surface area contributed by atoms with Gasteiger partial charge in [-0.05, 0) is 31.0 Å². The molecule has 1 aliphatic heterocycles. The van der Waals surface area contributed by atoms with Crippen LogP contribution in [0, 0.1) is 0 Å². The maximum atomic E-state index is 11.9. The van der Waals surface area contributed by atoms with Crippen LogP contribution in [0.5, 0.6) is 0 Å². The van der Waals surface area contributed by atoms with Crippen molar-refractivity contribution in [2.45, 2.75) is 24.9 Å². The van der Waals surface area contributed by atoms with E-state index >= 15 is 0 Å². The van der Waals surface area contributed by atoms with Gasteiger partial charge in [0.15, 0.2) is 0 Å². The number of nitrogens with two attached hydrogens (primary N) is 1. The van der Waals surface area contributed by atoms with Gasteiger partial charge in [-0.2, -0.15) is 0 Å². The first kappa shape index (κ1) is 14.5. The lowest BCUT2D eigenvalue weighted by Gasteiger charge is -2.35. The van der Waals surface area contributed by atoms with Gasteiger partial charge in [-0.25, -0.2) is 0 Å². The summed E-state index contributed by atoms with van der Waals surface area (Å²) in [5, 5.41) is 0. The van der Waals surface area contributed by atoms with Crippen LogP contribution in [0.15, 0.2) is 28.7 Å². The molecule has 19 heavy (non-hydrogen) atoms. The predicted molar refractivity (Wildman–Crippen MR) is 77.6 cm³/mol. The summed E-state index contributed by atoms with van der Waals surface area (Å²) in [5.74, 6) is -0.293. The number of hydrogen-bond donors (Lipinski definition) is 1. The third-order valence-corrected chi connectivity index (χ3v) is 4.56. The van der Waals surface area contributed by atoms with Crippen LogP contribution in [0.1, 0.15) is 18.4 Å². The second-order valence-electron chi connectivity index (χ2n) is 4.95. The van der Waals surface area contributed by atoms with Crippen molar-refractivity contribution >= 4 is 21.8 Å². The fourth-order valence-corrected chi connectivity index (χ4v) is 3.16. The smallest absolute Gasteiger partial charge is 0.240 e. The zero-order valence-corrected chi connectivity index (χ0v) is 12.6. The molecule has 1 aliphatic rings. The van der Waals surface area contributed by atoms with Gasteiger partial charge in [-0.15, -0.1) is 0 Å². The van der Waals surface area contributed by atoms with Crippen molar-refractivity contribution in [3.05, 3.63) is 34.3 Å². The van der Waals surface area contributed by atoms with Crippen LogP contribution in [0.2, 0.25) is 0 Å². The van der Waals surface area contributed by atoms with E-state index in [9.17, 15) is 4.79 Å². The normalized spacial score (nSPS) is 23.7. The van der Waals surface area contributed by atoms with Crippen LogP contribution in [0.3, 0.4) is 0 Å². The lowest BCUT2D eigenvalue weighted by atomic mass is 9.96. The third kappa shape index (κ3) is 2.83. The number of nitrogens with zero attached hydrogens (tertiary/aromatic N) is 1. The van der Waals surface area contributed by atoms with E-state index in [1.54, 1.807) is 7.11 Å². The number of likely N-dealkylation sites (tertiary alicyclic amines) is 1. The lowest BCUT2D eigenvalue weighted by molar-refractivity contribution is -0.132. The number of carbonyl (C=O) groups is 1. The SMILES string of the molecule is COCC1(C(N)=O)CCCN1Cc1ccccc1Br. The van der Waals surface area contributed by atoms with E-state index in [1.165, 1.54) is 0 Å². The Labute approximate surface area is 122 Å². The Balaban J connectivity index is 2.23. The summed E-state index contributed by atoms with van der Waals surface area (Å²) in [4.78, 5) is 14.0. The van der Waals surface area contributed by atoms with E-state index in [0.29, 0.717) is 13.2 Å². The zero-order chi connectivity index (χ0) is 13.9. The molecular formula is C14H19BrN2O2. The molecule has 5 heteroatoms. The summed E-state index contributed by atoms with van der Waals surface area (Å²) in [7, 11) is 1.61. The van der Waals surface area contributed by atoms with E-state index in [0.717, 1.165) is 29.4 Å². The molecule has 0 spiro atoms. The molecule has 0 radical (unpaired) electrons. The maximum Gasteiger partial charge on any atom is 0.240 e. The second kappa shape index (κ2) is 6.03. The first-order chi connectivity index (χ1) is 9.10. The van der Waals surface area contributed by atoms with Crippen LogP contribution in [-0.2, 0) is 16.1 Å². The Bertz CT molecular complexity index is 467. The van der Waals surface area contributed by atoms with E-state index in [2.05, 4.69) is 26.9 Å². The summed E-state index contributed by atoms with van der Waals surface area (Å²) >= 11 is 3.54. The molecule has 1 aromatic carbocycles. The molecule has 0 aliphatic carbocycles. The number of ether oxygens (including phenoxy) is 1. The number of halogens is 1. The van der Waals surface area contributed by atoms with Crippen molar-refractivity contribution < 1.29 is 9.53 Å². The number of amides is 1. The largest absolute Gasteiger partial charge is 0.382 e.